The Morgan fingerprint density at radius 2 is 2.09 bits per heavy atom. The minimum atomic E-state index is -0.347. The summed E-state index contributed by atoms with van der Waals surface area (Å²) >= 11 is 6.40. The molecule has 0 spiro atoms. The third kappa shape index (κ3) is 2.71. The van der Waals surface area contributed by atoms with Crippen LogP contribution in [0.3, 0.4) is 0 Å². The summed E-state index contributed by atoms with van der Waals surface area (Å²) in [6.07, 6.45) is 1.64. The molecule has 6 heteroatoms. The first-order valence-electron chi connectivity index (χ1n) is 6.70. The quantitative estimate of drug-likeness (QED) is 0.619. The second-order valence-electron chi connectivity index (χ2n) is 4.61. The number of hydrogen-bond donors (Lipinski definition) is 0. The Balaban J connectivity index is 1.90. The summed E-state index contributed by atoms with van der Waals surface area (Å²) in [5.74, 6) is 0.451. The number of hydrogen-bond acceptors (Lipinski definition) is 4. The van der Waals surface area contributed by atoms with Gasteiger partial charge in [-0.15, -0.1) is 0 Å². The predicted octanol–water partition coefficient (Wildman–Crippen LogP) is 4.31. The molecule has 1 aromatic heterocycles. The molecule has 22 heavy (non-hydrogen) atoms. The van der Waals surface area contributed by atoms with Crippen LogP contribution in [0, 0.1) is 5.82 Å². The van der Waals surface area contributed by atoms with Gasteiger partial charge in [0.25, 0.3) is 5.91 Å². The van der Waals surface area contributed by atoms with Gasteiger partial charge in [0.05, 0.1) is 10.5 Å². The van der Waals surface area contributed by atoms with E-state index in [2.05, 4.69) is 0 Å². The van der Waals surface area contributed by atoms with Crippen LogP contribution in [0.1, 0.15) is 12.7 Å². The van der Waals surface area contributed by atoms with Crippen LogP contribution in [-0.4, -0.2) is 21.7 Å². The lowest BCUT2D eigenvalue weighted by atomic mass is 10.1. The third-order valence-electron chi connectivity index (χ3n) is 3.23. The Hall–Kier alpha value is -1.92. The van der Waals surface area contributed by atoms with Crippen LogP contribution in [0.5, 0.6) is 0 Å². The maximum atomic E-state index is 13.7. The van der Waals surface area contributed by atoms with Crippen LogP contribution >= 0.6 is 24.0 Å². The number of thioether (sulfide) groups is 1. The number of benzene rings is 1. The fourth-order valence-electron chi connectivity index (χ4n) is 2.14. The van der Waals surface area contributed by atoms with E-state index in [4.69, 9.17) is 16.6 Å². The molecule has 3 nitrogen and oxygen atoms in total. The molecular formula is C16H12FNO2S2. The van der Waals surface area contributed by atoms with Gasteiger partial charge in [-0.25, -0.2) is 4.39 Å². The van der Waals surface area contributed by atoms with E-state index in [0.717, 1.165) is 0 Å². The van der Waals surface area contributed by atoms with Crippen molar-refractivity contribution in [2.75, 3.05) is 6.54 Å². The molecule has 0 N–H and O–H groups in total. The molecule has 1 aliphatic heterocycles. The van der Waals surface area contributed by atoms with Crippen molar-refractivity contribution in [3.63, 3.8) is 0 Å². The van der Waals surface area contributed by atoms with Gasteiger partial charge in [-0.1, -0.05) is 36.1 Å². The normalized spacial score (nSPS) is 16.8. The van der Waals surface area contributed by atoms with E-state index >= 15 is 0 Å². The van der Waals surface area contributed by atoms with Gasteiger partial charge in [-0.3, -0.25) is 9.69 Å². The van der Waals surface area contributed by atoms with Gasteiger partial charge in [0.1, 0.15) is 21.7 Å². The van der Waals surface area contributed by atoms with E-state index in [1.807, 2.05) is 6.92 Å². The van der Waals surface area contributed by atoms with Crippen molar-refractivity contribution in [2.24, 2.45) is 0 Å². The van der Waals surface area contributed by atoms with Crippen molar-refractivity contribution in [2.45, 2.75) is 6.92 Å². The molecule has 0 aliphatic carbocycles. The van der Waals surface area contributed by atoms with Crippen molar-refractivity contribution in [3.8, 4) is 11.3 Å². The Labute approximate surface area is 136 Å². The van der Waals surface area contributed by atoms with E-state index in [-0.39, 0.29) is 11.7 Å². The lowest BCUT2D eigenvalue weighted by Crippen LogP contribution is -2.27. The molecule has 1 fully saturated rings. The van der Waals surface area contributed by atoms with Crippen LogP contribution in [0.2, 0.25) is 0 Å². The summed E-state index contributed by atoms with van der Waals surface area (Å²) in [5.41, 5.74) is 0.392. The van der Waals surface area contributed by atoms with E-state index in [1.54, 1.807) is 36.4 Å². The summed E-state index contributed by atoms with van der Waals surface area (Å²) in [6.45, 7) is 2.41. The highest BCUT2D eigenvalue weighted by molar-refractivity contribution is 8.26. The minimum Gasteiger partial charge on any atom is -0.457 e. The molecule has 2 heterocycles. The molecule has 0 bridgehead atoms. The zero-order chi connectivity index (χ0) is 15.7. The highest BCUT2D eigenvalue weighted by atomic mass is 32.2. The van der Waals surface area contributed by atoms with Crippen LogP contribution in [0.25, 0.3) is 17.4 Å². The van der Waals surface area contributed by atoms with Crippen molar-refractivity contribution in [3.05, 3.63) is 52.9 Å². The van der Waals surface area contributed by atoms with E-state index in [1.165, 1.54) is 22.7 Å². The average molecular weight is 333 g/mol. The van der Waals surface area contributed by atoms with Crippen molar-refractivity contribution < 1.29 is 13.6 Å². The standard InChI is InChI=1S/C16H12FNO2S2/c1-2-18-15(19)14(22-16(18)21)9-10-7-8-13(20-10)11-5-3-4-6-12(11)17/h3-9H,2H2,1H3. The maximum absolute atomic E-state index is 13.7. The first-order valence-corrected chi connectivity index (χ1v) is 7.92. The number of carbonyl (C=O) groups excluding carboxylic acids is 1. The van der Waals surface area contributed by atoms with Gasteiger partial charge in [-0.05, 0) is 31.2 Å². The van der Waals surface area contributed by atoms with Gasteiger partial charge in [0.2, 0.25) is 0 Å². The lowest BCUT2D eigenvalue weighted by molar-refractivity contribution is -0.121. The molecule has 112 valence electrons. The fraction of sp³-hybridized carbons (Fsp3) is 0.125. The Morgan fingerprint density at radius 1 is 1.32 bits per heavy atom. The summed E-state index contributed by atoms with van der Waals surface area (Å²) in [5, 5.41) is 0. The SMILES string of the molecule is CCN1C(=O)C(=Cc2ccc(-c3ccccc3F)o2)SC1=S. The molecule has 0 saturated carbocycles. The average Bonchev–Trinajstić information content (AvgIpc) is 3.05. The summed E-state index contributed by atoms with van der Waals surface area (Å²) < 4.78 is 19.9. The minimum absolute atomic E-state index is 0.124. The number of carbonyl (C=O) groups is 1. The Kier molecular flexibility index (Phi) is 4.13. The highest BCUT2D eigenvalue weighted by Gasteiger charge is 2.30. The van der Waals surface area contributed by atoms with Gasteiger partial charge < -0.3 is 4.42 Å². The smallest absolute Gasteiger partial charge is 0.266 e. The second kappa shape index (κ2) is 6.06. The van der Waals surface area contributed by atoms with E-state index < -0.39 is 0 Å². The van der Waals surface area contributed by atoms with Crippen molar-refractivity contribution in [1.29, 1.82) is 0 Å². The molecule has 0 radical (unpaired) electrons. The number of furan rings is 1. The maximum Gasteiger partial charge on any atom is 0.266 e. The molecule has 3 rings (SSSR count). The van der Waals surface area contributed by atoms with E-state index in [0.29, 0.717) is 32.9 Å². The number of rotatable bonds is 3. The predicted molar refractivity (Wildman–Crippen MR) is 89.7 cm³/mol. The van der Waals surface area contributed by atoms with Crippen LogP contribution in [0.15, 0.2) is 45.7 Å². The summed E-state index contributed by atoms with van der Waals surface area (Å²) in [7, 11) is 0. The van der Waals surface area contributed by atoms with Crippen molar-refractivity contribution in [1.82, 2.24) is 4.90 Å². The highest BCUT2D eigenvalue weighted by Crippen LogP contribution is 2.33. The van der Waals surface area contributed by atoms with E-state index in [9.17, 15) is 9.18 Å². The van der Waals surface area contributed by atoms with Gasteiger partial charge in [0.15, 0.2) is 0 Å². The lowest BCUT2D eigenvalue weighted by Gasteiger charge is -2.09. The fourth-order valence-corrected chi connectivity index (χ4v) is 3.50. The van der Waals surface area contributed by atoms with Gasteiger partial charge in [-0.2, -0.15) is 0 Å². The molecule has 1 aliphatic rings. The number of halogens is 1. The van der Waals surface area contributed by atoms with Crippen LogP contribution in [0.4, 0.5) is 4.39 Å². The zero-order valence-corrected chi connectivity index (χ0v) is 13.3. The molecule has 1 aromatic carbocycles. The number of nitrogens with zero attached hydrogens (tertiary/aromatic N) is 1. The van der Waals surface area contributed by atoms with Crippen LogP contribution < -0.4 is 0 Å². The monoisotopic (exact) mass is 333 g/mol. The zero-order valence-electron chi connectivity index (χ0n) is 11.7. The first-order chi connectivity index (χ1) is 10.6. The third-order valence-corrected chi connectivity index (χ3v) is 4.61. The Morgan fingerprint density at radius 3 is 2.77 bits per heavy atom. The Bertz CT molecular complexity index is 782. The first kappa shape index (κ1) is 15.0. The van der Waals surface area contributed by atoms with Crippen LogP contribution in [-0.2, 0) is 4.79 Å². The molecule has 0 atom stereocenters. The molecule has 0 unspecified atom stereocenters. The number of likely N-dealkylation sites (N-methyl/N-ethyl adjacent to an activating group) is 1. The summed E-state index contributed by atoms with van der Waals surface area (Å²) in [4.78, 5) is 14.2. The number of amides is 1. The largest absolute Gasteiger partial charge is 0.457 e. The molecule has 1 amide bonds. The molecule has 2 aromatic rings. The topological polar surface area (TPSA) is 33.5 Å². The van der Waals surface area contributed by atoms with Crippen molar-refractivity contribution >= 4 is 40.3 Å². The molecular weight excluding hydrogens is 321 g/mol. The summed E-state index contributed by atoms with van der Waals surface area (Å²) in [6, 6.07) is 9.79. The second-order valence-corrected chi connectivity index (χ2v) is 6.28. The van der Waals surface area contributed by atoms with Gasteiger partial charge in [0, 0.05) is 12.6 Å². The molecule has 1 saturated heterocycles. The number of thiocarbonyl (C=S) groups is 1. The van der Waals surface area contributed by atoms with Gasteiger partial charge >= 0.3 is 0 Å².